The molecule has 0 aliphatic carbocycles. The summed E-state index contributed by atoms with van der Waals surface area (Å²) in [6.45, 7) is 4.33. The molecule has 1 unspecified atom stereocenters. The minimum Gasteiger partial charge on any atom is -0.437 e. The van der Waals surface area contributed by atoms with Gasteiger partial charge in [-0.25, -0.2) is 9.97 Å². The van der Waals surface area contributed by atoms with E-state index in [-0.39, 0.29) is 0 Å². The van der Waals surface area contributed by atoms with E-state index in [9.17, 15) is 0 Å². The van der Waals surface area contributed by atoms with Gasteiger partial charge in [0.15, 0.2) is 5.13 Å². The van der Waals surface area contributed by atoms with Crippen LogP contribution in [0.15, 0.2) is 48.8 Å². The Bertz CT molecular complexity index is 852. The van der Waals surface area contributed by atoms with E-state index in [4.69, 9.17) is 4.74 Å². The molecule has 2 aromatic heterocycles. The average molecular weight is 479 g/mol. The van der Waals surface area contributed by atoms with Crippen LogP contribution in [0.4, 0.5) is 10.8 Å². The van der Waals surface area contributed by atoms with Gasteiger partial charge in [-0.1, -0.05) is 61.1 Å². The molecule has 0 aliphatic rings. The van der Waals surface area contributed by atoms with Crippen molar-refractivity contribution in [1.29, 1.82) is 0 Å². The van der Waals surface area contributed by atoms with E-state index in [0.29, 0.717) is 9.80 Å². The number of benzene rings is 1. The number of thiazole rings is 1. The van der Waals surface area contributed by atoms with E-state index in [1.807, 2.05) is 30.5 Å². The SMILES string of the molecule is CCCC(I)c1ccccc1Oc1ncccc1Nc1ncc(CC)s1. The lowest BCUT2D eigenvalue weighted by Crippen LogP contribution is -1.99. The van der Waals surface area contributed by atoms with E-state index < -0.39 is 0 Å². The summed E-state index contributed by atoms with van der Waals surface area (Å²) >= 11 is 4.14. The molecule has 6 heteroatoms. The predicted molar refractivity (Wildman–Crippen MR) is 117 cm³/mol. The molecule has 0 saturated carbocycles. The number of ether oxygens (including phenoxy) is 1. The van der Waals surface area contributed by atoms with Gasteiger partial charge in [-0.15, -0.1) is 11.3 Å². The summed E-state index contributed by atoms with van der Waals surface area (Å²) in [5.74, 6) is 1.42. The minimum absolute atomic E-state index is 0.417. The standard InChI is InChI=1S/C20H22IN3OS/c1-3-8-16(21)15-9-5-6-11-18(15)25-19-17(10-7-12-22-19)24-20-23-13-14(4-2)26-20/h5-7,9-13,16H,3-4,8H2,1-2H3,(H,23,24). The molecular weight excluding hydrogens is 457 g/mol. The maximum Gasteiger partial charge on any atom is 0.243 e. The van der Waals surface area contributed by atoms with Gasteiger partial charge in [0.2, 0.25) is 5.88 Å². The quantitative estimate of drug-likeness (QED) is 0.282. The number of rotatable bonds is 8. The zero-order chi connectivity index (χ0) is 18.4. The normalized spacial score (nSPS) is 12.0. The number of aryl methyl sites for hydroxylation is 1. The second kappa shape index (κ2) is 9.32. The molecule has 0 aliphatic heterocycles. The fraction of sp³-hybridized carbons (Fsp3) is 0.300. The summed E-state index contributed by atoms with van der Waals surface area (Å²) in [6.07, 6.45) is 6.90. The molecule has 0 saturated heterocycles. The highest BCUT2D eigenvalue weighted by Gasteiger charge is 2.15. The summed E-state index contributed by atoms with van der Waals surface area (Å²) < 4.78 is 6.63. The van der Waals surface area contributed by atoms with Crippen molar-refractivity contribution in [1.82, 2.24) is 9.97 Å². The van der Waals surface area contributed by atoms with Gasteiger partial charge in [0, 0.05) is 26.8 Å². The van der Waals surface area contributed by atoms with Gasteiger partial charge in [0.25, 0.3) is 0 Å². The number of alkyl halides is 1. The highest BCUT2D eigenvalue weighted by atomic mass is 127. The average Bonchev–Trinajstić information content (AvgIpc) is 3.11. The van der Waals surface area contributed by atoms with Gasteiger partial charge in [0.1, 0.15) is 11.4 Å². The molecule has 0 amide bonds. The van der Waals surface area contributed by atoms with Crippen LogP contribution in [-0.4, -0.2) is 9.97 Å². The van der Waals surface area contributed by atoms with Crippen molar-refractivity contribution in [3.05, 3.63) is 59.2 Å². The number of halogens is 1. The first-order chi connectivity index (χ1) is 12.7. The number of nitrogens with one attached hydrogen (secondary N) is 1. The molecule has 0 spiro atoms. The molecular formula is C20H22IN3OS. The zero-order valence-electron chi connectivity index (χ0n) is 14.9. The van der Waals surface area contributed by atoms with Crippen molar-refractivity contribution in [3.63, 3.8) is 0 Å². The van der Waals surface area contributed by atoms with Crippen LogP contribution in [0.5, 0.6) is 11.6 Å². The first kappa shape index (κ1) is 19.1. The third kappa shape index (κ3) is 4.73. The lowest BCUT2D eigenvalue weighted by molar-refractivity contribution is 0.458. The third-order valence-electron chi connectivity index (χ3n) is 3.92. The van der Waals surface area contributed by atoms with Gasteiger partial charge in [-0.3, -0.25) is 0 Å². The Kier molecular flexibility index (Phi) is 6.85. The molecule has 0 radical (unpaired) electrons. The fourth-order valence-corrected chi connectivity index (χ4v) is 4.46. The molecule has 26 heavy (non-hydrogen) atoms. The molecule has 2 heterocycles. The zero-order valence-corrected chi connectivity index (χ0v) is 17.9. The summed E-state index contributed by atoms with van der Waals surface area (Å²) in [5.41, 5.74) is 2.02. The topological polar surface area (TPSA) is 47.0 Å². The third-order valence-corrected chi connectivity index (χ3v) is 6.27. The highest BCUT2D eigenvalue weighted by Crippen LogP contribution is 2.38. The van der Waals surface area contributed by atoms with E-state index in [1.54, 1.807) is 17.5 Å². The number of aromatic nitrogens is 2. The lowest BCUT2D eigenvalue weighted by atomic mass is 10.1. The van der Waals surface area contributed by atoms with Gasteiger partial charge in [-0.2, -0.15) is 0 Å². The smallest absolute Gasteiger partial charge is 0.243 e. The number of hydrogen-bond donors (Lipinski definition) is 1. The van der Waals surface area contributed by atoms with Gasteiger partial charge in [0.05, 0.1) is 0 Å². The highest BCUT2D eigenvalue weighted by molar-refractivity contribution is 14.1. The van der Waals surface area contributed by atoms with E-state index in [2.05, 4.69) is 63.9 Å². The first-order valence-electron chi connectivity index (χ1n) is 8.78. The van der Waals surface area contributed by atoms with Crippen molar-refractivity contribution in [2.45, 2.75) is 37.0 Å². The number of para-hydroxylation sites is 1. The van der Waals surface area contributed by atoms with E-state index in [1.165, 1.54) is 10.4 Å². The molecule has 0 bridgehead atoms. The molecule has 1 atom stereocenters. The van der Waals surface area contributed by atoms with Crippen molar-refractivity contribution in [2.24, 2.45) is 0 Å². The van der Waals surface area contributed by atoms with Crippen LogP contribution in [0.25, 0.3) is 0 Å². The van der Waals surface area contributed by atoms with Gasteiger partial charge < -0.3 is 10.1 Å². The maximum absolute atomic E-state index is 6.21. The van der Waals surface area contributed by atoms with Crippen LogP contribution >= 0.6 is 33.9 Å². The summed E-state index contributed by atoms with van der Waals surface area (Å²) in [5, 5.41) is 4.19. The summed E-state index contributed by atoms with van der Waals surface area (Å²) in [6, 6.07) is 12.1. The van der Waals surface area contributed by atoms with Crippen LogP contribution in [0.3, 0.4) is 0 Å². The minimum atomic E-state index is 0.417. The van der Waals surface area contributed by atoms with E-state index >= 15 is 0 Å². The van der Waals surface area contributed by atoms with Crippen molar-refractivity contribution >= 4 is 44.7 Å². The summed E-state index contributed by atoms with van der Waals surface area (Å²) in [7, 11) is 0. The van der Waals surface area contributed by atoms with Crippen molar-refractivity contribution in [3.8, 4) is 11.6 Å². The Morgan fingerprint density at radius 3 is 2.77 bits per heavy atom. The predicted octanol–water partition coefficient (Wildman–Crippen LogP) is 6.91. The monoisotopic (exact) mass is 479 g/mol. The van der Waals surface area contributed by atoms with Crippen LogP contribution in [-0.2, 0) is 6.42 Å². The van der Waals surface area contributed by atoms with E-state index in [0.717, 1.165) is 35.8 Å². The molecule has 4 nitrogen and oxygen atoms in total. The van der Waals surface area contributed by atoms with Crippen LogP contribution in [0.2, 0.25) is 0 Å². The maximum atomic E-state index is 6.21. The first-order valence-corrected chi connectivity index (χ1v) is 10.8. The molecule has 3 aromatic rings. The molecule has 1 aromatic carbocycles. The number of pyridine rings is 1. The summed E-state index contributed by atoms with van der Waals surface area (Å²) in [4.78, 5) is 10.1. The Hall–Kier alpha value is -1.67. The lowest BCUT2D eigenvalue weighted by Gasteiger charge is -2.16. The Morgan fingerprint density at radius 1 is 1.15 bits per heavy atom. The Labute approximate surface area is 172 Å². The van der Waals surface area contributed by atoms with Gasteiger partial charge >= 0.3 is 0 Å². The Morgan fingerprint density at radius 2 is 2.00 bits per heavy atom. The second-order valence-electron chi connectivity index (χ2n) is 5.86. The second-order valence-corrected chi connectivity index (χ2v) is 8.48. The molecule has 0 fully saturated rings. The largest absolute Gasteiger partial charge is 0.437 e. The van der Waals surface area contributed by atoms with Gasteiger partial charge in [-0.05, 0) is 31.0 Å². The number of anilines is 2. The van der Waals surface area contributed by atoms with Crippen LogP contribution in [0, 0.1) is 0 Å². The van der Waals surface area contributed by atoms with Crippen LogP contribution < -0.4 is 10.1 Å². The number of hydrogen-bond acceptors (Lipinski definition) is 5. The molecule has 3 rings (SSSR count). The fourth-order valence-electron chi connectivity index (χ4n) is 2.56. The van der Waals surface area contributed by atoms with Crippen molar-refractivity contribution in [2.75, 3.05) is 5.32 Å². The molecule has 1 N–H and O–H groups in total. The van der Waals surface area contributed by atoms with Crippen molar-refractivity contribution < 1.29 is 4.74 Å². The molecule has 136 valence electrons. The number of nitrogens with zero attached hydrogens (tertiary/aromatic N) is 2. The Balaban J connectivity index is 1.85. The van der Waals surface area contributed by atoms with Crippen LogP contribution in [0.1, 0.15) is 41.1 Å².